The van der Waals surface area contributed by atoms with Crippen molar-refractivity contribution in [1.82, 2.24) is 10.2 Å². The molecule has 0 spiro atoms. The third kappa shape index (κ3) is 4.85. The Bertz CT molecular complexity index is 538. The highest BCUT2D eigenvalue weighted by Gasteiger charge is 2.23. The first-order valence-electron chi connectivity index (χ1n) is 8.77. The molecule has 24 heavy (non-hydrogen) atoms. The molecule has 134 valence electrons. The summed E-state index contributed by atoms with van der Waals surface area (Å²) in [5.74, 6) is 0. The molecule has 1 heterocycles. The van der Waals surface area contributed by atoms with Crippen LogP contribution in [0.15, 0.2) is 24.3 Å². The van der Waals surface area contributed by atoms with Crippen molar-refractivity contribution in [3.63, 3.8) is 0 Å². The summed E-state index contributed by atoms with van der Waals surface area (Å²) >= 11 is 0. The molecule has 0 bridgehead atoms. The number of urea groups is 1. The molecule has 1 fully saturated rings. The number of para-hydroxylation sites is 2. The van der Waals surface area contributed by atoms with Gasteiger partial charge in [0.05, 0.1) is 17.0 Å². The van der Waals surface area contributed by atoms with Crippen molar-refractivity contribution in [3.8, 4) is 0 Å². The lowest BCUT2D eigenvalue weighted by Gasteiger charge is -2.35. The summed E-state index contributed by atoms with van der Waals surface area (Å²) in [5.41, 5.74) is 1.01. The van der Waals surface area contributed by atoms with Crippen LogP contribution in [0.25, 0.3) is 0 Å². The van der Waals surface area contributed by atoms with Gasteiger partial charge in [-0.1, -0.05) is 26.0 Å². The first-order chi connectivity index (χ1) is 11.5. The van der Waals surface area contributed by atoms with E-state index < -0.39 is 5.60 Å². The quantitative estimate of drug-likeness (QED) is 0.745. The van der Waals surface area contributed by atoms with Gasteiger partial charge < -0.3 is 25.5 Å². The highest BCUT2D eigenvalue weighted by molar-refractivity contribution is 5.93. The summed E-state index contributed by atoms with van der Waals surface area (Å²) in [7, 11) is 2.12. The summed E-state index contributed by atoms with van der Waals surface area (Å²) in [6.07, 6.45) is 1.23. The van der Waals surface area contributed by atoms with Crippen LogP contribution in [0.5, 0.6) is 0 Å². The standard InChI is InChI=1S/C18H30N4O2/c1-4-18(24,5-2)14-19-17(23)20-15-8-6-7-9-16(15)22-12-10-21(3)11-13-22/h6-9,24H,4-5,10-14H2,1-3H3,(H2,19,20,23). The molecule has 1 aliphatic heterocycles. The fourth-order valence-corrected chi connectivity index (χ4v) is 2.81. The van der Waals surface area contributed by atoms with Gasteiger partial charge in [0.2, 0.25) is 0 Å². The monoisotopic (exact) mass is 334 g/mol. The highest BCUT2D eigenvalue weighted by Crippen LogP contribution is 2.26. The maximum atomic E-state index is 12.2. The molecule has 1 saturated heterocycles. The van der Waals surface area contributed by atoms with Gasteiger partial charge in [-0.3, -0.25) is 0 Å². The van der Waals surface area contributed by atoms with Crippen molar-refractivity contribution in [2.45, 2.75) is 32.3 Å². The number of likely N-dealkylation sites (N-methyl/N-ethyl adjacent to an activating group) is 1. The molecule has 3 N–H and O–H groups in total. The number of rotatable bonds is 6. The molecule has 6 heteroatoms. The number of anilines is 2. The van der Waals surface area contributed by atoms with Crippen LogP contribution in [0.2, 0.25) is 0 Å². The number of aliphatic hydroxyl groups is 1. The van der Waals surface area contributed by atoms with Crippen LogP contribution in [0.1, 0.15) is 26.7 Å². The minimum atomic E-state index is -0.839. The molecular formula is C18H30N4O2. The van der Waals surface area contributed by atoms with Gasteiger partial charge in [0.1, 0.15) is 0 Å². The van der Waals surface area contributed by atoms with Crippen molar-refractivity contribution in [2.24, 2.45) is 0 Å². The van der Waals surface area contributed by atoms with Crippen molar-refractivity contribution < 1.29 is 9.90 Å². The molecule has 1 aromatic rings. The maximum absolute atomic E-state index is 12.2. The van der Waals surface area contributed by atoms with E-state index in [-0.39, 0.29) is 12.6 Å². The summed E-state index contributed by atoms with van der Waals surface area (Å²) in [5, 5.41) is 16.0. The number of nitrogens with one attached hydrogen (secondary N) is 2. The van der Waals surface area contributed by atoms with Crippen LogP contribution in [0.4, 0.5) is 16.2 Å². The summed E-state index contributed by atoms with van der Waals surface area (Å²) in [6, 6.07) is 7.58. The zero-order valence-corrected chi connectivity index (χ0v) is 15.0. The maximum Gasteiger partial charge on any atom is 0.319 e. The van der Waals surface area contributed by atoms with Crippen LogP contribution in [0, 0.1) is 0 Å². The molecule has 0 saturated carbocycles. The molecule has 1 aromatic carbocycles. The van der Waals surface area contributed by atoms with Gasteiger partial charge in [0.15, 0.2) is 0 Å². The molecule has 0 radical (unpaired) electrons. The Morgan fingerprint density at radius 2 is 1.79 bits per heavy atom. The van der Waals surface area contributed by atoms with Crippen LogP contribution in [0.3, 0.4) is 0 Å². The van der Waals surface area contributed by atoms with Crippen LogP contribution >= 0.6 is 0 Å². The van der Waals surface area contributed by atoms with E-state index in [9.17, 15) is 9.90 Å². The van der Waals surface area contributed by atoms with Crippen molar-refractivity contribution >= 4 is 17.4 Å². The second kappa shape index (κ2) is 8.35. The van der Waals surface area contributed by atoms with Gasteiger partial charge in [-0.2, -0.15) is 0 Å². The highest BCUT2D eigenvalue weighted by atomic mass is 16.3. The van der Waals surface area contributed by atoms with Gasteiger partial charge in [-0.05, 0) is 32.0 Å². The normalized spacial score (nSPS) is 16.1. The second-order valence-corrected chi connectivity index (χ2v) is 6.55. The number of nitrogens with zero attached hydrogens (tertiary/aromatic N) is 2. The van der Waals surface area contributed by atoms with Gasteiger partial charge in [0, 0.05) is 32.7 Å². The zero-order valence-electron chi connectivity index (χ0n) is 15.0. The molecule has 6 nitrogen and oxygen atoms in total. The van der Waals surface area contributed by atoms with Crippen LogP contribution < -0.4 is 15.5 Å². The number of amides is 2. The summed E-state index contributed by atoms with van der Waals surface area (Å²) in [6.45, 7) is 8.02. The van der Waals surface area contributed by atoms with E-state index >= 15 is 0 Å². The molecule has 1 aliphatic rings. The first-order valence-corrected chi connectivity index (χ1v) is 8.77. The summed E-state index contributed by atoms with van der Waals surface area (Å²) < 4.78 is 0. The second-order valence-electron chi connectivity index (χ2n) is 6.55. The Morgan fingerprint density at radius 3 is 2.42 bits per heavy atom. The minimum absolute atomic E-state index is 0.252. The van der Waals surface area contributed by atoms with Gasteiger partial charge in [-0.25, -0.2) is 4.79 Å². The molecule has 0 atom stereocenters. The number of piperazine rings is 1. The molecular weight excluding hydrogens is 304 g/mol. The number of hydrogen-bond acceptors (Lipinski definition) is 4. The predicted molar refractivity (Wildman–Crippen MR) is 98.7 cm³/mol. The average molecular weight is 334 g/mol. The molecule has 2 amide bonds. The van der Waals surface area contributed by atoms with E-state index in [0.717, 1.165) is 37.6 Å². The predicted octanol–water partition coefficient (Wildman–Crippen LogP) is 2.11. The lowest BCUT2D eigenvalue weighted by Crippen LogP contribution is -2.45. The van der Waals surface area contributed by atoms with E-state index in [1.165, 1.54) is 0 Å². The minimum Gasteiger partial charge on any atom is -0.388 e. The van der Waals surface area contributed by atoms with Gasteiger partial charge in [0.25, 0.3) is 0 Å². The lowest BCUT2D eigenvalue weighted by molar-refractivity contribution is 0.0354. The average Bonchev–Trinajstić information content (AvgIpc) is 2.61. The van der Waals surface area contributed by atoms with Gasteiger partial charge >= 0.3 is 6.03 Å². The number of carbonyl (C=O) groups is 1. The third-order valence-electron chi connectivity index (χ3n) is 4.89. The van der Waals surface area contributed by atoms with Crippen molar-refractivity contribution in [2.75, 3.05) is 50.0 Å². The molecule has 0 aromatic heterocycles. The largest absolute Gasteiger partial charge is 0.388 e. The zero-order chi connectivity index (χ0) is 17.6. The fraction of sp³-hybridized carbons (Fsp3) is 0.611. The Hall–Kier alpha value is -1.79. The van der Waals surface area contributed by atoms with Gasteiger partial charge in [-0.15, -0.1) is 0 Å². The number of hydrogen-bond donors (Lipinski definition) is 3. The van der Waals surface area contributed by atoms with Crippen LogP contribution in [-0.4, -0.2) is 61.4 Å². The molecule has 2 rings (SSSR count). The lowest BCUT2D eigenvalue weighted by atomic mass is 9.98. The summed E-state index contributed by atoms with van der Waals surface area (Å²) in [4.78, 5) is 16.8. The first kappa shape index (κ1) is 18.5. The van der Waals surface area contributed by atoms with E-state index in [1.54, 1.807) is 0 Å². The van der Waals surface area contributed by atoms with Crippen molar-refractivity contribution in [1.29, 1.82) is 0 Å². The van der Waals surface area contributed by atoms with Crippen LogP contribution in [-0.2, 0) is 0 Å². The van der Waals surface area contributed by atoms with E-state index in [0.29, 0.717) is 12.8 Å². The SMILES string of the molecule is CCC(O)(CC)CNC(=O)Nc1ccccc1N1CCN(C)CC1. The topological polar surface area (TPSA) is 67.8 Å². The van der Waals surface area contributed by atoms with E-state index in [4.69, 9.17) is 0 Å². The Morgan fingerprint density at radius 1 is 1.17 bits per heavy atom. The van der Waals surface area contributed by atoms with Crippen molar-refractivity contribution in [3.05, 3.63) is 24.3 Å². The Labute approximate surface area is 144 Å². The number of benzene rings is 1. The number of carbonyl (C=O) groups excluding carboxylic acids is 1. The smallest absolute Gasteiger partial charge is 0.319 e. The van der Waals surface area contributed by atoms with E-state index in [2.05, 4.69) is 27.5 Å². The third-order valence-corrected chi connectivity index (χ3v) is 4.89. The fourth-order valence-electron chi connectivity index (χ4n) is 2.81. The van der Waals surface area contributed by atoms with E-state index in [1.807, 2.05) is 38.1 Å². The Kier molecular flexibility index (Phi) is 6.45. The molecule has 0 unspecified atom stereocenters. The molecule has 0 aliphatic carbocycles. The Balaban J connectivity index is 1.98.